The molecule has 0 spiro atoms. The van der Waals surface area contributed by atoms with Crippen molar-refractivity contribution < 1.29 is 4.92 Å². The second-order valence-electron chi connectivity index (χ2n) is 4.80. The van der Waals surface area contributed by atoms with E-state index in [1.165, 1.54) is 0 Å². The van der Waals surface area contributed by atoms with Crippen LogP contribution in [-0.2, 0) is 0 Å². The molecule has 1 aliphatic rings. The molecule has 17 heavy (non-hydrogen) atoms. The lowest BCUT2D eigenvalue weighted by Crippen LogP contribution is -2.04. The number of nitrogens with zero attached hydrogens (tertiary/aromatic N) is 3. The SMILES string of the molecule is CC(C)n1nc(C2CCCC2)c([N+](=O)[O-])c1Cl. The lowest BCUT2D eigenvalue weighted by molar-refractivity contribution is -0.385. The summed E-state index contributed by atoms with van der Waals surface area (Å²) < 4.78 is 1.55. The van der Waals surface area contributed by atoms with E-state index in [1.807, 2.05) is 13.8 Å². The lowest BCUT2D eigenvalue weighted by atomic mass is 10.0. The Morgan fingerprint density at radius 3 is 2.53 bits per heavy atom. The van der Waals surface area contributed by atoms with Crippen LogP contribution in [0.4, 0.5) is 5.69 Å². The van der Waals surface area contributed by atoms with Gasteiger partial charge in [0.2, 0.25) is 5.15 Å². The second-order valence-corrected chi connectivity index (χ2v) is 5.16. The molecular formula is C11H16ClN3O2. The van der Waals surface area contributed by atoms with E-state index in [2.05, 4.69) is 5.10 Å². The minimum absolute atomic E-state index is 0.00673. The molecule has 0 amide bonds. The van der Waals surface area contributed by atoms with Crippen LogP contribution in [0.15, 0.2) is 0 Å². The highest BCUT2D eigenvalue weighted by Crippen LogP contribution is 2.41. The number of nitro groups is 1. The van der Waals surface area contributed by atoms with Crippen LogP contribution in [0.25, 0.3) is 0 Å². The zero-order chi connectivity index (χ0) is 12.6. The van der Waals surface area contributed by atoms with Crippen molar-refractivity contribution >= 4 is 17.3 Å². The summed E-state index contributed by atoms with van der Waals surface area (Å²) in [6.07, 6.45) is 4.19. The van der Waals surface area contributed by atoms with Crippen molar-refractivity contribution in [1.29, 1.82) is 0 Å². The normalized spacial score (nSPS) is 16.9. The van der Waals surface area contributed by atoms with E-state index in [9.17, 15) is 10.1 Å². The van der Waals surface area contributed by atoms with Gasteiger partial charge in [0.15, 0.2) is 0 Å². The summed E-state index contributed by atoms with van der Waals surface area (Å²) in [6.45, 7) is 3.84. The van der Waals surface area contributed by atoms with Crippen LogP contribution in [0.3, 0.4) is 0 Å². The van der Waals surface area contributed by atoms with Gasteiger partial charge >= 0.3 is 5.69 Å². The van der Waals surface area contributed by atoms with Gasteiger partial charge in [-0.3, -0.25) is 10.1 Å². The van der Waals surface area contributed by atoms with E-state index in [4.69, 9.17) is 11.6 Å². The van der Waals surface area contributed by atoms with Crippen LogP contribution in [0, 0.1) is 10.1 Å². The smallest absolute Gasteiger partial charge is 0.258 e. The summed E-state index contributed by atoms with van der Waals surface area (Å²) in [5.41, 5.74) is 0.582. The first-order chi connectivity index (χ1) is 8.02. The second kappa shape index (κ2) is 4.64. The van der Waals surface area contributed by atoms with Crippen LogP contribution in [0.5, 0.6) is 0 Å². The fourth-order valence-corrected chi connectivity index (χ4v) is 2.81. The Morgan fingerprint density at radius 2 is 2.06 bits per heavy atom. The molecule has 1 aromatic rings. The highest BCUT2D eigenvalue weighted by Gasteiger charge is 2.33. The third-order valence-electron chi connectivity index (χ3n) is 3.27. The van der Waals surface area contributed by atoms with E-state index in [-0.39, 0.29) is 22.8 Å². The van der Waals surface area contributed by atoms with E-state index in [0.29, 0.717) is 5.69 Å². The molecule has 0 atom stereocenters. The molecule has 2 rings (SSSR count). The van der Waals surface area contributed by atoms with E-state index in [1.54, 1.807) is 4.68 Å². The quantitative estimate of drug-likeness (QED) is 0.613. The van der Waals surface area contributed by atoms with Gasteiger partial charge in [0.1, 0.15) is 5.69 Å². The summed E-state index contributed by atoms with van der Waals surface area (Å²) in [7, 11) is 0. The molecule has 0 unspecified atom stereocenters. The Morgan fingerprint density at radius 1 is 1.47 bits per heavy atom. The minimum atomic E-state index is -0.401. The first-order valence-electron chi connectivity index (χ1n) is 5.94. The predicted octanol–water partition coefficient (Wildman–Crippen LogP) is 3.68. The molecule has 1 fully saturated rings. The summed E-state index contributed by atoms with van der Waals surface area (Å²) in [4.78, 5) is 10.7. The Balaban J connectivity index is 2.49. The third kappa shape index (κ3) is 2.16. The van der Waals surface area contributed by atoms with E-state index in [0.717, 1.165) is 25.7 Å². The Hall–Kier alpha value is -1.10. The predicted molar refractivity (Wildman–Crippen MR) is 65.5 cm³/mol. The number of hydrogen-bond donors (Lipinski definition) is 0. The van der Waals surface area contributed by atoms with Crippen LogP contribution in [-0.4, -0.2) is 14.7 Å². The molecular weight excluding hydrogens is 242 g/mol. The van der Waals surface area contributed by atoms with Gasteiger partial charge in [-0.2, -0.15) is 5.10 Å². The molecule has 0 aliphatic heterocycles. The maximum absolute atomic E-state index is 11.1. The molecule has 6 heteroatoms. The highest BCUT2D eigenvalue weighted by molar-refractivity contribution is 6.31. The van der Waals surface area contributed by atoms with Gasteiger partial charge in [0, 0.05) is 12.0 Å². The van der Waals surface area contributed by atoms with Gasteiger partial charge in [-0.15, -0.1) is 0 Å². The third-order valence-corrected chi connectivity index (χ3v) is 3.62. The van der Waals surface area contributed by atoms with Gasteiger partial charge in [-0.05, 0) is 26.7 Å². The first-order valence-corrected chi connectivity index (χ1v) is 6.32. The van der Waals surface area contributed by atoms with Gasteiger partial charge in [-0.1, -0.05) is 24.4 Å². The molecule has 1 saturated carbocycles. The average Bonchev–Trinajstić information content (AvgIpc) is 2.82. The zero-order valence-electron chi connectivity index (χ0n) is 10.0. The van der Waals surface area contributed by atoms with Crippen molar-refractivity contribution in [3.05, 3.63) is 21.0 Å². The highest BCUT2D eigenvalue weighted by atomic mass is 35.5. The molecule has 5 nitrogen and oxygen atoms in total. The standard InChI is InChI=1S/C11H16ClN3O2/c1-7(2)14-11(12)10(15(16)17)9(13-14)8-5-3-4-6-8/h7-8H,3-6H2,1-2H3. The molecule has 0 saturated heterocycles. The molecule has 94 valence electrons. The van der Waals surface area contributed by atoms with Crippen LogP contribution in [0.1, 0.15) is 57.2 Å². The first kappa shape index (κ1) is 12.4. The van der Waals surface area contributed by atoms with Gasteiger partial charge in [0.05, 0.1) is 4.92 Å². The number of hydrogen-bond acceptors (Lipinski definition) is 3. The number of aromatic nitrogens is 2. The van der Waals surface area contributed by atoms with Crippen molar-refractivity contribution in [2.45, 2.75) is 51.5 Å². The van der Waals surface area contributed by atoms with Crippen LogP contribution in [0.2, 0.25) is 5.15 Å². The molecule has 1 aromatic heterocycles. The van der Waals surface area contributed by atoms with Crippen molar-refractivity contribution in [1.82, 2.24) is 9.78 Å². The molecule has 0 radical (unpaired) electrons. The topological polar surface area (TPSA) is 61.0 Å². The zero-order valence-corrected chi connectivity index (χ0v) is 10.8. The Kier molecular flexibility index (Phi) is 3.38. The number of rotatable bonds is 3. The van der Waals surface area contributed by atoms with Gasteiger partial charge in [0.25, 0.3) is 0 Å². The van der Waals surface area contributed by atoms with Crippen molar-refractivity contribution in [2.24, 2.45) is 0 Å². The average molecular weight is 258 g/mol. The van der Waals surface area contributed by atoms with Crippen molar-refractivity contribution in [3.63, 3.8) is 0 Å². The Labute approximate surface area is 105 Å². The maximum Gasteiger partial charge on any atom is 0.329 e. The minimum Gasteiger partial charge on any atom is -0.258 e. The van der Waals surface area contributed by atoms with Crippen molar-refractivity contribution in [2.75, 3.05) is 0 Å². The monoisotopic (exact) mass is 257 g/mol. The van der Waals surface area contributed by atoms with E-state index < -0.39 is 4.92 Å². The van der Waals surface area contributed by atoms with Gasteiger partial charge < -0.3 is 0 Å². The van der Waals surface area contributed by atoms with Gasteiger partial charge in [-0.25, -0.2) is 4.68 Å². The van der Waals surface area contributed by atoms with E-state index >= 15 is 0 Å². The fourth-order valence-electron chi connectivity index (χ4n) is 2.41. The summed E-state index contributed by atoms with van der Waals surface area (Å²) in [5.74, 6) is 0.202. The van der Waals surface area contributed by atoms with Crippen molar-refractivity contribution in [3.8, 4) is 0 Å². The molecule has 1 aliphatic carbocycles. The lowest BCUT2D eigenvalue weighted by Gasteiger charge is -2.06. The molecule has 0 N–H and O–H groups in total. The Bertz CT molecular complexity index is 436. The summed E-state index contributed by atoms with van der Waals surface area (Å²) in [6, 6.07) is 0.0383. The summed E-state index contributed by atoms with van der Waals surface area (Å²) in [5, 5.41) is 15.6. The fraction of sp³-hybridized carbons (Fsp3) is 0.727. The van der Waals surface area contributed by atoms with Crippen LogP contribution < -0.4 is 0 Å². The summed E-state index contributed by atoms with van der Waals surface area (Å²) >= 11 is 6.06. The molecule has 0 bridgehead atoms. The largest absolute Gasteiger partial charge is 0.329 e. The van der Waals surface area contributed by atoms with Crippen LogP contribution >= 0.6 is 11.6 Å². The maximum atomic E-state index is 11.1. The molecule has 0 aromatic carbocycles. The molecule has 1 heterocycles. The number of halogens is 1.